The van der Waals surface area contributed by atoms with Crippen molar-refractivity contribution in [1.29, 1.82) is 0 Å². The summed E-state index contributed by atoms with van der Waals surface area (Å²) in [6.45, 7) is 4.58. The van der Waals surface area contributed by atoms with Crippen LogP contribution < -0.4 is 4.90 Å². The summed E-state index contributed by atoms with van der Waals surface area (Å²) in [7, 11) is -3.71. The third-order valence-corrected chi connectivity index (χ3v) is 7.82. The molecule has 1 amide bonds. The SMILES string of the molecule is Cc1ccc(S(=O)(=O)N2CCCC2C(=O)N2CCN(c3ccc(F)cc3)CC2)cc1. The van der Waals surface area contributed by atoms with Crippen LogP contribution >= 0.6 is 0 Å². The molecule has 30 heavy (non-hydrogen) atoms. The van der Waals surface area contributed by atoms with Gasteiger partial charge in [-0.2, -0.15) is 4.31 Å². The standard InChI is InChI=1S/C22H26FN3O3S/c1-17-4-10-20(11-5-17)30(28,29)26-12-2-3-21(26)22(27)25-15-13-24(14-16-25)19-8-6-18(23)7-9-19/h4-11,21H,2-3,12-16H2,1H3. The average molecular weight is 432 g/mol. The highest BCUT2D eigenvalue weighted by Gasteiger charge is 2.41. The van der Waals surface area contributed by atoms with Gasteiger partial charge in [0, 0.05) is 38.4 Å². The van der Waals surface area contributed by atoms with Gasteiger partial charge in [0.15, 0.2) is 0 Å². The summed E-state index contributed by atoms with van der Waals surface area (Å²) in [6.07, 6.45) is 1.22. The third-order valence-electron chi connectivity index (χ3n) is 5.90. The zero-order valence-corrected chi connectivity index (χ0v) is 17.8. The molecule has 0 spiro atoms. The van der Waals surface area contributed by atoms with E-state index in [9.17, 15) is 17.6 Å². The van der Waals surface area contributed by atoms with Crippen molar-refractivity contribution < 1.29 is 17.6 Å². The van der Waals surface area contributed by atoms with Gasteiger partial charge in [0.25, 0.3) is 0 Å². The highest BCUT2D eigenvalue weighted by atomic mass is 32.2. The van der Waals surface area contributed by atoms with Gasteiger partial charge >= 0.3 is 0 Å². The zero-order valence-electron chi connectivity index (χ0n) is 17.0. The van der Waals surface area contributed by atoms with Gasteiger partial charge in [-0.3, -0.25) is 4.79 Å². The maximum Gasteiger partial charge on any atom is 0.243 e. The Morgan fingerprint density at radius 3 is 2.20 bits per heavy atom. The minimum Gasteiger partial charge on any atom is -0.368 e. The van der Waals surface area contributed by atoms with E-state index in [1.807, 2.05) is 6.92 Å². The molecule has 2 heterocycles. The van der Waals surface area contributed by atoms with Gasteiger partial charge in [-0.05, 0) is 56.2 Å². The first-order valence-electron chi connectivity index (χ1n) is 10.2. The number of halogens is 1. The minimum atomic E-state index is -3.71. The molecule has 2 aliphatic rings. The molecular weight excluding hydrogens is 405 g/mol. The Balaban J connectivity index is 1.44. The number of benzene rings is 2. The van der Waals surface area contributed by atoms with Crippen molar-refractivity contribution in [3.05, 3.63) is 59.9 Å². The quantitative estimate of drug-likeness (QED) is 0.747. The fraction of sp³-hybridized carbons (Fsp3) is 0.409. The summed E-state index contributed by atoms with van der Waals surface area (Å²) in [5, 5.41) is 0. The largest absolute Gasteiger partial charge is 0.368 e. The lowest BCUT2D eigenvalue weighted by atomic mass is 10.1. The molecule has 6 nitrogen and oxygen atoms in total. The average Bonchev–Trinajstić information content (AvgIpc) is 3.25. The maximum atomic E-state index is 13.2. The molecule has 0 bridgehead atoms. The molecule has 1 unspecified atom stereocenters. The Hall–Kier alpha value is -2.45. The summed E-state index contributed by atoms with van der Waals surface area (Å²) >= 11 is 0. The Kier molecular flexibility index (Phi) is 5.79. The van der Waals surface area contributed by atoms with Crippen molar-refractivity contribution >= 4 is 21.6 Å². The van der Waals surface area contributed by atoms with Crippen molar-refractivity contribution in [3.63, 3.8) is 0 Å². The second kappa shape index (κ2) is 8.35. The molecule has 2 aromatic rings. The monoisotopic (exact) mass is 431 g/mol. The molecule has 2 aliphatic heterocycles. The minimum absolute atomic E-state index is 0.123. The van der Waals surface area contributed by atoms with Crippen LogP contribution in [0.1, 0.15) is 18.4 Å². The lowest BCUT2D eigenvalue weighted by Gasteiger charge is -2.38. The van der Waals surface area contributed by atoms with Crippen LogP contribution in [0.2, 0.25) is 0 Å². The Bertz CT molecular complexity index is 1000. The van der Waals surface area contributed by atoms with Crippen molar-refractivity contribution in [2.75, 3.05) is 37.6 Å². The molecule has 160 valence electrons. The van der Waals surface area contributed by atoms with Gasteiger partial charge < -0.3 is 9.80 Å². The number of sulfonamides is 1. The number of hydrogen-bond acceptors (Lipinski definition) is 4. The molecule has 1 atom stereocenters. The van der Waals surface area contributed by atoms with E-state index in [2.05, 4.69) is 4.90 Å². The summed E-state index contributed by atoms with van der Waals surface area (Å²) in [5.74, 6) is -0.398. The molecular formula is C22H26FN3O3S. The van der Waals surface area contributed by atoms with Crippen LogP contribution in [-0.4, -0.2) is 62.3 Å². The van der Waals surface area contributed by atoms with E-state index in [4.69, 9.17) is 0 Å². The van der Waals surface area contributed by atoms with Crippen molar-refractivity contribution in [2.45, 2.75) is 30.7 Å². The summed E-state index contributed by atoms with van der Waals surface area (Å²) in [4.78, 5) is 17.3. The van der Waals surface area contributed by atoms with Gasteiger partial charge in [-0.25, -0.2) is 12.8 Å². The van der Waals surface area contributed by atoms with Crippen LogP contribution in [0.25, 0.3) is 0 Å². The fourth-order valence-electron chi connectivity index (χ4n) is 4.17. The van der Waals surface area contributed by atoms with Crippen molar-refractivity contribution in [3.8, 4) is 0 Å². The van der Waals surface area contributed by atoms with E-state index in [0.29, 0.717) is 45.6 Å². The van der Waals surface area contributed by atoms with E-state index >= 15 is 0 Å². The molecule has 0 aliphatic carbocycles. The second-order valence-electron chi connectivity index (χ2n) is 7.88. The Morgan fingerprint density at radius 1 is 0.933 bits per heavy atom. The fourth-order valence-corrected chi connectivity index (χ4v) is 5.82. The number of carbonyl (C=O) groups is 1. The first kappa shape index (κ1) is 20.8. The zero-order chi connectivity index (χ0) is 21.3. The van der Waals surface area contributed by atoms with Crippen LogP contribution in [0, 0.1) is 12.7 Å². The predicted molar refractivity (Wildman–Crippen MR) is 113 cm³/mol. The number of amides is 1. The van der Waals surface area contributed by atoms with Gasteiger partial charge in [0.1, 0.15) is 11.9 Å². The summed E-state index contributed by atoms with van der Waals surface area (Å²) < 4.78 is 40.8. The third kappa shape index (κ3) is 4.06. The van der Waals surface area contributed by atoms with Gasteiger partial charge in [-0.1, -0.05) is 17.7 Å². The van der Waals surface area contributed by atoms with Crippen LogP contribution in [0.15, 0.2) is 53.4 Å². The second-order valence-corrected chi connectivity index (χ2v) is 9.77. The molecule has 0 saturated carbocycles. The summed E-state index contributed by atoms with van der Waals surface area (Å²) in [5.41, 5.74) is 1.91. The number of hydrogen-bond donors (Lipinski definition) is 0. The number of carbonyl (C=O) groups excluding carboxylic acids is 1. The van der Waals surface area contributed by atoms with Crippen LogP contribution in [0.5, 0.6) is 0 Å². The molecule has 0 N–H and O–H groups in total. The number of piperazine rings is 1. The topological polar surface area (TPSA) is 60.9 Å². The first-order chi connectivity index (χ1) is 14.4. The normalized spacial score (nSPS) is 20.5. The van der Waals surface area contributed by atoms with Gasteiger partial charge in [0.2, 0.25) is 15.9 Å². The lowest BCUT2D eigenvalue weighted by Crippen LogP contribution is -2.54. The predicted octanol–water partition coefficient (Wildman–Crippen LogP) is 2.64. The van der Waals surface area contributed by atoms with E-state index in [-0.39, 0.29) is 16.6 Å². The van der Waals surface area contributed by atoms with Gasteiger partial charge in [-0.15, -0.1) is 0 Å². The van der Waals surface area contributed by atoms with Crippen LogP contribution in [0.4, 0.5) is 10.1 Å². The first-order valence-corrected chi connectivity index (χ1v) is 11.7. The Morgan fingerprint density at radius 2 is 1.57 bits per heavy atom. The molecule has 0 radical (unpaired) electrons. The molecule has 0 aromatic heterocycles. The lowest BCUT2D eigenvalue weighted by molar-refractivity contribution is -0.134. The van der Waals surface area contributed by atoms with Crippen LogP contribution in [-0.2, 0) is 14.8 Å². The van der Waals surface area contributed by atoms with E-state index < -0.39 is 16.1 Å². The smallest absolute Gasteiger partial charge is 0.243 e. The van der Waals surface area contributed by atoms with E-state index in [1.54, 1.807) is 41.3 Å². The van der Waals surface area contributed by atoms with Crippen molar-refractivity contribution in [2.24, 2.45) is 0 Å². The Labute approximate surface area is 176 Å². The van der Waals surface area contributed by atoms with Gasteiger partial charge in [0.05, 0.1) is 4.90 Å². The number of anilines is 1. The highest BCUT2D eigenvalue weighted by Crippen LogP contribution is 2.28. The molecule has 4 rings (SSSR count). The number of nitrogens with zero attached hydrogens (tertiary/aromatic N) is 3. The molecule has 2 aromatic carbocycles. The van der Waals surface area contributed by atoms with Crippen molar-refractivity contribution in [1.82, 2.24) is 9.21 Å². The van der Waals surface area contributed by atoms with E-state index in [0.717, 1.165) is 11.3 Å². The van der Waals surface area contributed by atoms with E-state index in [1.165, 1.54) is 16.4 Å². The summed E-state index contributed by atoms with van der Waals surface area (Å²) in [6, 6.07) is 12.4. The maximum absolute atomic E-state index is 13.2. The molecule has 2 saturated heterocycles. The highest BCUT2D eigenvalue weighted by molar-refractivity contribution is 7.89. The number of rotatable bonds is 4. The number of aryl methyl sites for hydroxylation is 1. The molecule has 2 fully saturated rings. The van der Waals surface area contributed by atoms with Crippen LogP contribution in [0.3, 0.4) is 0 Å². The molecule has 8 heteroatoms.